The van der Waals surface area contributed by atoms with Crippen LogP contribution in [-0.2, 0) is 0 Å². The summed E-state index contributed by atoms with van der Waals surface area (Å²) in [6.45, 7) is 0. The minimum absolute atomic E-state index is 0.218. The van der Waals surface area contributed by atoms with Crippen molar-refractivity contribution in [3.63, 3.8) is 0 Å². The number of rotatable bonds is 2. The zero-order chi connectivity index (χ0) is 15.0. The molecule has 1 nitrogen and oxygen atoms in total. The molecular formula is C17H12ClF2N. The molecule has 3 aromatic rings. The third-order valence-electron chi connectivity index (χ3n) is 3.55. The van der Waals surface area contributed by atoms with Gasteiger partial charge in [0.15, 0.2) is 0 Å². The van der Waals surface area contributed by atoms with E-state index < -0.39 is 11.9 Å². The van der Waals surface area contributed by atoms with Crippen LogP contribution in [0.4, 0.5) is 8.78 Å². The average molecular weight is 304 g/mol. The Balaban J connectivity index is 2.23. The van der Waals surface area contributed by atoms with Gasteiger partial charge < -0.3 is 5.73 Å². The van der Waals surface area contributed by atoms with Crippen LogP contribution < -0.4 is 5.73 Å². The second kappa shape index (κ2) is 5.43. The fourth-order valence-corrected chi connectivity index (χ4v) is 2.80. The number of hydrogen-bond donors (Lipinski definition) is 1. The molecule has 0 amide bonds. The molecule has 0 saturated carbocycles. The van der Waals surface area contributed by atoms with Crippen molar-refractivity contribution >= 4 is 22.4 Å². The average Bonchev–Trinajstić information content (AvgIpc) is 2.47. The van der Waals surface area contributed by atoms with Crippen molar-refractivity contribution in [2.45, 2.75) is 6.04 Å². The highest BCUT2D eigenvalue weighted by Crippen LogP contribution is 2.33. The third-order valence-corrected chi connectivity index (χ3v) is 3.88. The van der Waals surface area contributed by atoms with Crippen molar-refractivity contribution in [1.82, 2.24) is 0 Å². The van der Waals surface area contributed by atoms with E-state index in [9.17, 15) is 8.78 Å². The molecule has 1 atom stereocenters. The summed E-state index contributed by atoms with van der Waals surface area (Å²) >= 11 is 6.06. The van der Waals surface area contributed by atoms with Gasteiger partial charge in [-0.1, -0.05) is 48.0 Å². The van der Waals surface area contributed by atoms with Crippen LogP contribution in [-0.4, -0.2) is 0 Å². The van der Waals surface area contributed by atoms with Gasteiger partial charge in [0.25, 0.3) is 0 Å². The molecular weight excluding hydrogens is 292 g/mol. The summed E-state index contributed by atoms with van der Waals surface area (Å²) in [6.07, 6.45) is 0. The number of hydrogen-bond acceptors (Lipinski definition) is 1. The standard InChI is InChI=1S/C17H12ClF2N/c18-13-6-3-7-15(20)16(13)17(21)12-8-9-14(19)11-5-2-1-4-10(11)12/h1-9,17H,21H2. The van der Waals surface area contributed by atoms with E-state index in [1.165, 1.54) is 18.2 Å². The second-order valence-electron chi connectivity index (χ2n) is 4.80. The minimum Gasteiger partial charge on any atom is -0.320 e. The summed E-state index contributed by atoms with van der Waals surface area (Å²) in [5, 5.41) is 1.37. The van der Waals surface area contributed by atoms with Crippen LogP contribution in [0.1, 0.15) is 17.2 Å². The van der Waals surface area contributed by atoms with E-state index in [2.05, 4.69) is 0 Å². The Morgan fingerprint density at radius 2 is 1.52 bits per heavy atom. The van der Waals surface area contributed by atoms with Crippen molar-refractivity contribution < 1.29 is 8.78 Å². The lowest BCUT2D eigenvalue weighted by atomic mass is 9.94. The molecule has 3 rings (SSSR count). The van der Waals surface area contributed by atoms with Gasteiger partial charge in [-0.15, -0.1) is 0 Å². The summed E-state index contributed by atoms with van der Waals surface area (Å²) in [6, 6.07) is 13.6. The van der Waals surface area contributed by atoms with Gasteiger partial charge in [0, 0.05) is 16.0 Å². The van der Waals surface area contributed by atoms with Crippen LogP contribution in [0.2, 0.25) is 5.02 Å². The van der Waals surface area contributed by atoms with E-state index in [4.69, 9.17) is 17.3 Å². The van der Waals surface area contributed by atoms with E-state index in [0.29, 0.717) is 16.3 Å². The first-order valence-corrected chi connectivity index (χ1v) is 6.84. The Labute approximate surface area is 126 Å². The molecule has 0 aromatic heterocycles. The highest BCUT2D eigenvalue weighted by atomic mass is 35.5. The fourth-order valence-electron chi connectivity index (χ4n) is 2.52. The zero-order valence-corrected chi connectivity index (χ0v) is 11.7. The lowest BCUT2D eigenvalue weighted by molar-refractivity contribution is 0.600. The Bertz CT molecular complexity index is 797. The van der Waals surface area contributed by atoms with Gasteiger partial charge >= 0.3 is 0 Å². The molecule has 0 radical (unpaired) electrons. The summed E-state index contributed by atoms with van der Waals surface area (Å²) in [7, 11) is 0. The Hall–Kier alpha value is -1.97. The molecule has 0 aliphatic rings. The van der Waals surface area contributed by atoms with Gasteiger partial charge in [-0.05, 0) is 29.1 Å². The van der Waals surface area contributed by atoms with Gasteiger partial charge in [0.2, 0.25) is 0 Å². The van der Waals surface area contributed by atoms with Gasteiger partial charge in [-0.25, -0.2) is 8.78 Å². The predicted octanol–water partition coefficient (Wildman–Crippen LogP) is 4.82. The molecule has 1 unspecified atom stereocenters. The summed E-state index contributed by atoms with van der Waals surface area (Å²) in [4.78, 5) is 0. The molecule has 0 bridgehead atoms. The van der Waals surface area contributed by atoms with E-state index in [1.54, 1.807) is 36.4 Å². The highest BCUT2D eigenvalue weighted by Gasteiger charge is 2.19. The van der Waals surface area contributed by atoms with Crippen LogP contribution in [0.5, 0.6) is 0 Å². The van der Waals surface area contributed by atoms with Crippen molar-refractivity contribution in [3.05, 3.63) is 82.4 Å². The van der Waals surface area contributed by atoms with Crippen molar-refractivity contribution in [3.8, 4) is 0 Å². The molecule has 0 saturated heterocycles. The number of halogens is 3. The molecule has 4 heteroatoms. The first-order valence-electron chi connectivity index (χ1n) is 6.46. The fraction of sp³-hybridized carbons (Fsp3) is 0.0588. The Morgan fingerprint density at radius 1 is 0.810 bits per heavy atom. The minimum atomic E-state index is -0.760. The first kappa shape index (κ1) is 14.0. The lowest BCUT2D eigenvalue weighted by Gasteiger charge is -2.17. The normalized spacial score (nSPS) is 12.6. The highest BCUT2D eigenvalue weighted by molar-refractivity contribution is 6.31. The van der Waals surface area contributed by atoms with Crippen molar-refractivity contribution in [2.75, 3.05) is 0 Å². The second-order valence-corrected chi connectivity index (χ2v) is 5.20. The maximum absolute atomic E-state index is 14.0. The molecule has 106 valence electrons. The molecule has 0 fully saturated rings. The van der Waals surface area contributed by atoms with Gasteiger partial charge in [0.1, 0.15) is 11.6 Å². The molecule has 0 aliphatic heterocycles. The summed E-state index contributed by atoms with van der Waals surface area (Å²) in [5.74, 6) is -0.801. The molecule has 3 aromatic carbocycles. The molecule has 21 heavy (non-hydrogen) atoms. The maximum Gasteiger partial charge on any atom is 0.131 e. The van der Waals surface area contributed by atoms with Crippen molar-refractivity contribution in [2.24, 2.45) is 5.73 Å². The van der Waals surface area contributed by atoms with E-state index in [0.717, 1.165) is 0 Å². The smallest absolute Gasteiger partial charge is 0.131 e. The SMILES string of the molecule is NC(c1c(F)cccc1Cl)c1ccc(F)c2ccccc12. The van der Waals surface area contributed by atoms with E-state index in [-0.39, 0.29) is 16.4 Å². The molecule has 0 heterocycles. The van der Waals surface area contributed by atoms with Gasteiger partial charge in [0.05, 0.1) is 6.04 Å². The molecule has 0 spiro atoms. The quantitative estimate of drug-likeness (QED) is 0.721. The van der Waals surface area contributed by atoms with Crippen LogP contribution >= 0.6 is 11.6 Å². The van der Waals surface area contributed by atoms with Crippen molar-refractivity contribution in [1.29, 1.82) is 0 Å². The largest absolute Gasteiger partial charge is 0.320 e. The molecule has 0 aliphatic carbocycles. The van der Waals surface area contributed by atoms with Crippen LogP contribution in [0, 0.1) is 11.6 Å². The summed E-state index contributed by atoms with van der Waals surface area (Å²) in [5.41, 5.74) is 7.04. The monoisotopic (exact) mass is 303 g/mol. The number of benzene rings is 3. The Kier molecular flexibility index (Phi) is 3.62. The van der Waals surface area contributed by atoms with E-state index >= 15 is 0 Å². The number of fused-ring (bicyclic) bond motifs is 1. The van der Waals surface area contributed by atoms with Crippen LogP contribution in [0.3, 0.4) is 0 Å². The Morgan fingerprint density at radius 3 is 2.24 bits per heavy atom. The topological polar surface area (TPSA) is 26.0 Å². The van der Waals surface area contributed by atoms with Gasteiger partial charge in [-0.3, -0.25) is 0 Å². The zero-order valence-electron chi connectivity index (χ0n) is 11.0. The van der Waals surface area contributed by atoms with E-state index in [1.807, 2.05) is 0 Å². The number of nitrogens with two attached hydrogens (primary N) is 1. The summed E-state index contributed by atoms with van der Waals surface area (Å²) < 4.78 is 27.9. The molecule has 2 N–H and O–H groups in total. The predicted molar refractivity (Wildman–Crippen MR) is 81.3 cm³/mol. The third kappa shape index (κ3) is 2.39. The first-order chi connectivity index (χ1) is 10.1. The van der Waals surface area contributed by atoms with Crippen LogP contribution in [0.25, 0.3) is 10.8 Å². The van der Waals surface area contributed by atoms with Gasteiger partial charge in [-0.2, -0.15) is 0 Å². The van der Waals surface area contributed by atoms with Crippen LogP contribution in [0.15, 0.2) is 54.6 Å². The lowest BCUT2D eigenvalue weighted by Crippen LogP contribution is -2.15. The maximum atomic E-state index is 14.0.